The fourth-order valence-electron chi connectivity index (χ4n) is 2.70. The van der Waals surface area contributed by atoms with Crippen molar-refractivity contribution in [3.8, 4) is 11.8 Å². The number of anilines is 1. The van der Waals surface area contributed by atoms with E-state index < -0.39 is 0 Å². The van der Waals surface area contributed by atoms with Crippen LogP contribution < -0.4 is 9.64 Å². The Morgan fingerprint density at radius 2 is 2.04 bits per heavy atom. The largest absolute Gasteiger partial charge is 0.484 e. The summed E-state index contributed by atoms with van der Waals surface area (Å²) < 4.78 is 19.5. The molecule has 4 nitrogen and oxygen atoms in total. The molecular formula is C18H15FN2O2. The van der Waals surface area contributed by atoms with Gasteiger partial charge in [-0.2, -0.15) is 5.26 Å². The first-order valence-electron chi connectivity index (χ1n) is 7.40. The van der Waals surface area contributed by atoms with Gasteiger partial charge in [0.25, 0.3) is 5.91 Å². The molecule has 1 aliphatic heterocycles. The van der Waals surface area contributed by atoms with Gasteiger partial charge in [0.2, 0.25) is 0 Å². The summed E-state index contributed by atoms with van der Waals surface area (Å²) in [6.07, 6.45) is 1.58. The zero-order valence-corrected chi connectivity index (χ0v) is 12.5. The lowest BCUT2D eigenvalue weighted by Gasteiger charge is -2.29. The van der Waals surface area contributed by atoms with Crippen LogP contribution in [0.25, 0.3) is 0 Å². The van der Waals surface area contributed by atoms with Gasteiger partial charge in [0.05, 0.1) is 17.3 Å². The van der Waals surface area contributed by atoms with Crippen molar-refractivity contribution in [1.82, 2.24) is 0 Å². The molecule has 2 aromatic rings. The van der Waals surface area contributed by atoms with Crippen LogP contribution in [0.2, 0.25) is 0 Å². The number of amides is 1. The van der Waals surface area contributed by atoms with E-state index in [1.807, 2.05) is 12.1 Å². The van der Waals surface area contributed by atoms with E-state index in [0.717, 1.165) is 18.4 Å². The summed E-state index contributed by atoms with van der Waals surface area (Å²) in [6.45, 7) is 0.323. The lowest BCUT2D eigenvalue weighted by atomic mass is 10.0. The molecule has 0 unspecified atom stereocenters. The van der Waals surface area contributed by atoms with Crippen LogP contribution in [0.5, 0.6) is 5.75 Å². The molecule has 5 heteroatoms. The van der Waals surface area contributed by atoms with Gasteiger partial charge in [-0.25, -0.2) is 4.39 Å². The first kappa shape index (κ1) is 15.0. The number of carbonyl (C=O) groups excluding carboxylic acids is 1. The number of rotatable bonds is 3. The van der Waals surface area contributed by atoms with Gasteiger partial charge in [-0.05, 0) is 48.7 Å². The molecule has 1 heterocycles. The van der Waals surface area contributed by atoms with Gasteiger partial charge in [-0.3, -0.25) is 4.79 Å². The third kappa shape index (κ3) is 3.16. The monoisotopic (exact) mass is 310 g/mol. The Hall–Kier alpha value is -2.87. The number of ether oxygens (including phenoxy) is 1. The number of nitriles is 1. The maximum atomic E-state index is 14.1. The van der Waals surface area contributed by atoms with Crippen molar-refractivity contribution < 1.29 is 13.9 Å². The van der Waals surface area contributed by atoms with Gasteiger partial charge in [0.15, 0.2) is 6.61 Å². The number of halogens is 1. The summed E-state index contributed by atoms with van der Waals surface area (Å²) in [7, 11) is 0. The molecule has 0 spiro atoms. The lowest BCUT2D eigenvalue weighted by molar-refractivity contribution is -0.120. The van der Waals surface area contributed by atoms with Gasteiger partial charge in [0, 0.05) is 6.54 Å². The first-order chi connectivity index (χ1) is 11.2. The lowest BCUT2D eigenvalue weighted by Crippen LogP contribution is -2.39. The third-order valence-electron chi connectivity index (χ3n) is 3.81. The van der Waals surface area contributed by atoms with Crippen molar-refractivity contribution in [2.24, 2.45) is 0 Å². The number of hydrogen-bond acceptors (Lipinski definition) is 3. The van der Waals surface area contributed by atoms with Crippen molar-refractivity contribution in [3.63, 3.8) is 0 Å². The minimum Gasteiger partial charge on any atom is -0.484 e. The van der Waals surface area contributed by atoms with Crippen molar-refractivity contribution in [2.75, 3.05) is 18.1 Å². The van der Waals surface area contributed by atoms with Crippen LogP contribution >= 0.6 is 0 Å². The quantitative estimate of drug-likeness (QED) is 0.875. The fourth-order valence-corrected chi connectivity index (χ4v) is 2.70. The van der Waals surface area contributed by atoms with Crippen LogP contribution in [-0.2, 0) is 11.2 Å². The second kappa shape index (κ2) is 6.49. The Balaban J connectivity index is 1.71. The maximum Gasteiger partial charge on any atom is 0.265 e. The molecule has 0 saturated heterocycles. The second-order valence-electron chi connectivity index (χ2n) is 5.32. The number of hydrogen-bond donors (Lipinski definition) is 0. The Bertz CT molecular complexity index is 766. The molecule has 0 bridgehead atoms. The highest BCUT2D eigenvalue weighted by atomic mass is 19.1. The maximum absolute atomic E-state index is 14.1. The van der Waals surface area contributed by atoms with E-state index in [4.69, 9.17) is 10.00 Å². The van der Waals surface area contributed by atoms with Crippen LogP contribution in [0.15, 0.2) is 42.5 Å². The number of aryl methyl sites for hydroxylation is 1. The predicted octanol–water partition coefficient (Wildman–Crippen LogP) is 3.06. The summed E-state index contributed by atoms with van der Waals surface area (Å²) in [6, 6.07) is 13.4. The highest BCUT2D eigenvalue weighted by Crippen LogP contribution is 2.30. The van der Waals surface area contributed by atoms with Crippen molar-refractivity contribution in [1.29, 1.82) is 5.26 Å². The Labute approximate surface area is 133 Å². The fraction of sp³-hybridized carbons (Fsp3) is 0.222. The number of para-hydroxylation sites is 1. The highest BCUT2D eigenvalue weighted by molar-refractivity contribution is 5.95. The van der Waals surface area contributed by atoms with E-state index in [1.54, 1.807) is 30.3 Å². The summed E-state index contributed by atoms with van der Waals surface area (Å²) in [4.78, 5) is 13.8. The number of carbonyl (C=O) groups is 1. The topological polar surface area (TPSA) is 53.3 Å². The molecule has 0 radical (unpaired) electrons. The summed E-state index contributed by atoms with van der Waals surface area (Å²) in [5.41, 5.74) is 1.74. The molecule has 3 rings (SSSR count). The molecule has 2 aromatic carbocycles. The van der Waals surface area contributed by atoms with Crippen molar-refractivity contribution >= 4 is 11.6 Å². The van der Waals surface area contributed by atoms with Crippen LogP contribution in [0.1, 0.15) is 17.5 Å². The van der Waals surface area contributed by atoms with E-state index in [2.05, 4.69) is 0 Å². The molecule has 116 valence electrons. The predicted molar refractivity (Wildman–Crippen MR) is 83.7 cm³/mol. The molecule has 23 heavy (non-hydrogen) atoms. The molecule has 0 saturated carbocycles. The molecular weight excluding hydrogens is 295 g/mol. The molecule has 0 aromatic heterocycles. The van der Waals surface area contributed by atoms with E-state index in [0.29, 0.717) is 23.5 Å². The van der Waals surface area contributed by atoms with Crippen LogP contribution in [0.3, 0.4) is 0 Å². The smallest absolute Gasteiger partial charge is 0.265 e. The average Bonchev–Trinajstić information content (AvgIpc) is 2.60. The van der Waals surface area contributed by atoms with E-state index >= 15 is 0 Å². The summed E-state index contributed by atoms with van der Waals surface area (Å²) >= 11 is 0. The molecule has 1 aliphatic rings. The van der Waals surface area contributed by atoms with E-state index in [9.17, 15) is 9.18 Å². The van der Waals surface area contributed by atoms with Gasteiger partial charge in [0.1, 0.15) is 11.6 Å². The number of benzene rings is 2. The number of nitrogens with zero attached hydrogens (tertiary/aromatic N) is 2. The Kier molecular flexibility index (Phi) is 4.24. The minimum atomic E-state index is -0.381. The molecule has 1 amide bonds. The standard InChI is InChI=1S/C18H15FN2O2/c19-16-5-1-3-14-4-2-10-21(18(14)16)17(22)12-23-15-8-6-13(11-20)7-9-15/h1,3,5-9H,2,4,10,12H2. The normalized spacial score (nSPS) is 13.1. The zero-order chi connectivity index (χ0) is 16.2. The number of fused-ring (bicyclic) bond motifs is 1. The summed E-state index contributed by atoms with van der Waals surface area (Å²) in [5.74, 6) is -0.155. The third-order valence-corrected chi connectivity index (χ3v) is 3.81. The SMILES string of the molecule is N#Cc1ccc(OCC(=O)N2CCCc3cccc(F)c32)cc1. The highest BCUT2D eigenvalue weighted by Gasteiger charge is 2.25. The van der Waals surface area contributed by atoms with Crippen molar-refractivity contribution in [2.45, 2.75) is 12.8 Å². The molecule has 0 N–H and O–H groups in total. The van der Waals surface area contributed by atoms with Crippen molar-refractivity contribution in [3.05, 3.63) is 59.4 Å². The minimum absolute atomic E-state index is 0.167. The van der Waals surface area contributed by atoms with Crippen LogP contribution in [0, 0.1) is 17.1 Å². The van der Waals surface area contributed by atoms with Gasteiger partial charge in [-0.1, -0.05) is 12.1 Å². The van der Waals surface area contributed by atoms with E-state index in [1.165, 1.54) is 11.0 Å². The van der Waals surface area contributed by atoms with Gasteiger partial charge in [-0.15, -0.1) is 0 Å². The second-order valence-corrected chi connectivity index (χ2v) is 5.32. The summed E-state index contributed by atoms with van der Waals surface area (Å²) in [5, 5.41) is 8.75. The van der Waals surface area contributed by atoms with Crippen LogP contribution in [-0.4, -0.2) is 19.1 Å². The van der Waals surface area contributed by atoms with Gasteiger partial charge < -0.3 is 9.64 Å². The molecule has 0 atom stereocenters. The van der Waals surface area contributed by atoms with E-state index in [-0.39, 0.29) is 18.3 Å². The Morgan fingerprint density at radius 1 is 1.26 bits per heavy atom. The van der Waals surface area contributed by atoms with Crippen LogP contribution in [0.4, 0.5) is 10.1 Å². The average molecular weight is 310 g/mol. The molecule has 0 aliphatic carbocycles. The first-order valence-corrected chi connectivity index (χ1v) is 7.40. The Morgan fingerprint density at radius 3 is 2.78 bits per heavy atom. The molecule has 0 fully saturated rings. The zero-order valence-electron chi connectivity index (χ0n) is 12.5. The van der Waals surface area contributed by atoms with Gasteiger partial charge >= 0.3 is 0 Å².